The summed E-state index contributed by atoms with van der Waals surface area (Å²) in [4.78, 5) is 40.2. The van der Waals surface area contributed by atoms with Crippen molar-refractivity contribution in [1.82, 2.24) is 0 Å². The molecule has 0 aromatic heterocycles. The fraction of sp³-hybridized carbons (Fsp3) is 0.280. The normalized spacial score (nSPS) is 21.5. The molecule has 2 aromatic carbocycles. The highest BCUT2D eigenvalue weighted by molar-refractivity contribution is 6.21. The molecule has 2 unspecified atom stereocenters. The molecule has 0 aliphatic carbocycles. The second kappa shape index (κ2) is 8.54. The Bertz CT molecular complexity index is 1170. The summed E-state index contributed by atoms with van der Waals surface area (Å²) in [5.74, 6) is -4.21. The van der Waals surface area contributed by atoms with Gasteiger partial charge in [0.1, 0.15) is 17.8 Å². The van der Waals surface area contributed by atoms with Gasteiger partial charge in [0.2, 0.25) is 11.8 Å². The average molecular weight is 448 g/mol. The molecule has 0 saturated heterocycles. The second-order valence-electron chi connectivity index (χ2n) is 8.19. The summed E-state index contributed by atoms with van der Waals surface area (Å²) in [5.41, 5.74) is -0.391. The minimum atomic E-state index is -1.85. The summed E-state index contributed by atoms with van der Waals surface area (Å²) in [6.45, 7) is 4.78. The highest BCUT2D eigenvalue weighted by Gasteiger charge is 2.65. The van der Waals surface area contributed by atoms with Crippen LogP contribution in [0.15, 0.2) is 65.9 Å². The molecular formula is C25H24N2O6. The Labute approximate surface area is 191 Å². The first-order valence-corrected chi connectivity index (χ1v) is 10.6. The first-order valence-electron chi connectivity index (χ1n) is 10.6. The molecule has 1 spiro atoms. The number of carbonyl (C=O) groups is 3. The maximum atomic E-state index is 13.6. The van der Waals surface area contributed by atoms with Gasteiger partial charge in [-0.3, -0.25) is 15.0 Å². The molecule has 33 heavy (non-hydrogen) atoms. The summed E-state index contributed by atoms with van der Waals surface area (Å²) in [6.07, 6.45) is -0.473. The smallest absolute Gasteiger partial charge is 0.339 e. The number of hydrogen-bond donors (Lipinski definition) is 2. The molecule has 2 aliphatic heterocycles. The molecule has 8 heteroatoms. The molecule has 8 nitrogen and oxygen atoms in total. The van der Waals surface area contributed by atoms with Gasteiger partial charge in [0, 0.05) is 5.69 Å². The van der Waals surface area contributed by atoms with E-state index in [0.717, 1.165) is 5.56 Å². The van der Waals surface area contributed by atoms with E-state index in [0.29, 0.717) is 11.3 Å². The van der Waals surface area contributed by atoms with Crippen LogP contribution >= 0.6 is 0 Å². The van der Waals surface area contributed by atoms with E-state index in [2.05, 4.69) is 5.32 Å². The van der Waals surface area contributed by atoms with E-state index in [-0.39, 0.29) is 17.9 Å². The van der Waals surface area contributed by atoms with Crippen LogP contribution in [-0.2, 0) is 40.6 Å². The van der Waals surface area contributed by atoms with Crippen LogP contribution < -0.4 is 5.32 Å². The van der Waals surface area contributed by atoms with E-state index in [4.69, 9.17) is 19.6 Å². The fourth-order valence-corrected chi connectivity index (χ4v) is 4.38. The van der Waals surface area contributed by atoms with Crippen LogP contribution in [-0.4, -0.2) is 29.8 Å². The first kappa shape index (κ1) is 22.3. The first-order chi connectivity index (χ1) is 15.8. The van der Waals surface area contributed by atoms with E-state index < -0.39 is 41.2 Å². The van der Waals surface area contributed by atoms with Crippen LogP contribution in [0.25, 0.3) is 0 Å². The Morgan fingerprint density at radius 2 is 1.79 bits per heavy atom. The van der Waals surface area contributed by atoms with Gasteiger partial charge in [-0.05, 0) is 38.0 Å². The largest absolute Gasteiger partial charge is 0.460 e. The molecule has 0 bridgehead atoms. The van der Waals surface area contributed by atoms with Gasteiger partial charge in [0.25, 0.3) is 0 Å². The Morgan fingerprint density at radius 3 is 2.48 bits per heavy atom. The second-order valence-corrected chi connectivity index (χ2v) is 8.19. The molecule has 2 heterocycles. The minimum Gasteiger partial charge on any atom is -0.460 e. The molecule has 4 rings (SSSR count). The van der Waals surface area contributed by atoms with Gasteiger partial charge < -0.3 is 19.5 Å². The monoisotopic (exact) mass is 448 g/mol. The number of rotatable bonds is 5. The lowest BCUT2D eigenvalue weighted by atomic mass is 9.64. The number of anilines is 1. The quantitative estimate of drug-likeness (QED) is 0.677. The Hall–Kier alpha value is -3.94. The third kappa shape index (κ3) is 3.67. The van der Waals surface area contributed by atoms with E-state index >= 15 is 0 Å². The number of hydrogen-bond acceptors (Lipinski definition) is 7. The third-order valence-electron chi connectivity index (χ3n) is 5.67. The average Bonchev–Trinajstić information content (AvgIpc) is 3.04. The Kier molecular flexibility index (Phi) is 5.76. The zero-order valence-electron chi connectivity index (χ0n) is 18.5. The minimum absolute atomic E-state index is 0.0320. The molecule has 2 atom stereocenters. The van der Waals surface area contributed by atoms with Crippen LogP contribution in [0, 0.1) is 11.3 Å². The lowest BCUT2D eigenvalue weighted by Crippen LogP contribution is -2.56. The van der Waals surface area contributed by atoms with Gasteiger partial charge in [0.05, 0.1) is 11.7 Å². The zero-order valence-corrected chi connectivity index (χ0v) is 18.5. The summed E-state index contributed by atoms with van der Waals surface area (Å²) in [7, 11) is 0. The van der Waals surface area contributed by atoms with E-state index in [9.17, 15) is 14.4 Å². The van der Waals surface area contributed by atoms with Crippen molar-refractivity contribution in [2.75, 3.05) is 5.32 Å². The summed E-state index contributed by atoms with van der Waals surface area (Å²) in [5, 5.41) is 11.2. The predicted octanol–water partition coefficient (Wildman–Crippen LogP) is 3.47. The molecule has 0 saturated carbocycles. The van der Waals surface area contributed by atoms with Crippen LogP contribution in [0.4, 0.5) is 5.69 Å². The summed E-state index contributed by atoms with van der Waals surface area (Å²) < 4.78 is 16.5. The van der Waals surface area contributed by atoms with Crippen molar-refractivity contribution in [1.29, 1.82) is 5.41 Å². The van der Waals surface area contributed by atoms with Crippen LogP contribution in [0.1, 0.15) is 31.9 Å². The van der Waals surface area contributed by atoms with E-state index in [1.807, 2.05) is 18.2 Å². The lowest BCUT2D eigenvalue weighted by Gasteiger charge is -2.39. The Balaban J connectivity index is 1.85. The van der Waals surface area contributed by atoms with Gasteiger partial charge in [0.15, 0.2) is 5.92 Å². The van der Waals surface area contributed by atoms with E-state index in [1.165, 1.54) is 6.92 Å². The van der Waals surface area contributed by atoms with Crippen LogP contribution in [0.3, 0.4) is 0 Å². The van der Waals surface area contributed by atoms with Crippen molar-refractivity contribution >= 4 is 29.4 Å². The summed E-state index contributed by atoms with van der Waals surface area (Å²) in [6, 6.07) is 15.8. The molecule has 170 valence electrons. The molecule has 0 radical (unpaired) electrons. The molecule has 1 amide bonds. The van der Waals surface area contributed by atoms with Crippen molar-refractivity contribution in [3.05, 3.63) is 77.1 Å². The van der Waals surface area contributed by atoms with Crippen molar-refractivity contribution in [2.24, 2.45) is 5.92 Å². The van der Waals surface area contributed by atoms with Crippen LogP contribution in [0.2, 0.25) is 0 Å². The number of para-hydroxylation sites is 1. The molecule has 2 aliphatic rings. The molecule has 0 fully saturated rings. The van der Waals surface area contributed by atoms with E-state index in [1.54, 1.807) is 50.2 Å². The van der Waals surface area contributed by atoms with Gasteiger partial charge in [-0.25, -0.2) is 4.79 Å². The SMILES string of the molecule is CC1=C(C(=O)OC(C)C)C2(C(=O)Nc3ccccc32)C(C(=O)OCc2ccccc2)C(=N)O1. The summed E-state index contributed by atoms with van der Waals surface area (Å²) >= 11 is 0. The maximum Gasteiger partial charge on any atom is 0.339 e. The van der Waals surface area contributed by atoms with Gasteiger partial charge in [-0.15, -0.1) is 0 Å². The lowest BCUT2D eigenvalue weighted by molar-refractivity contribution is -0.153. The van der Waals surface area contributed by atoms with Crippen molar-refractivity contribution in [3.63, 3.8) is 0 Å². The number of amides is 1. The number of fused-ring (bicyclic) bond motifs is 2. The number of nitrogens with one attached hydrogen (secondary N) is 2. The zero-order chi connectivity index (χ0) is 23.8. The topological polar surface area (TPSA) is 115 Å². The van der Waals surface area contributed by atoms with Gasteiger partial charge in [-0.1, -0.05) is 48.5 Å². The number of ether oxygens (including phenoxy) is 3. The maximum absolute atomic E-state index is 13.6. The fourth-order valence-electron chi connectivity index (χ4n) is 4.38. The molecule has 2 aromatic rings. The highest BCUT2D eigenvalue weighted by atomic mass is 16.6. The van der Waals surface area contributed by atoms with Crippen molar-refractivity contribution in [2.45, 2.75) is 38.9 Å². The number of esters is 2. The number of benzene rings is 2. The standard InChI is InChI=1S/C25H24N2O6/c1-14(2)32-23(29)19-15(3)33-21(26)20(22(28)31-13-16-9-5-4-6-10-16)25(19)17-11-7-8-12-18(17)27-24(25)30/h4-12,14,20,26H,13H2,1-3H3,(H,27,30). The molecular weight excluding hydrogens is 424 g/mol. The number of allylic oxidation sites excluding steroid dienone is 1. The van der Waals surface area contributed by atoms with Crippen molar-refractivity contribution in [3.8, 4) is 0 Å². The highest BCUT2D eigenvalue weighted by Crippen LogP contribution is 2.52. The third-order valence-corrected chi connectivity index (χ3v) is 5.67. The predicted molar refractivity (Wildman–Crippen MR) is 119 cm³/mol. The molecule has 2 N–H and O–H groups in total. The number of carbonyl (C=O) groups excluding carboxylic acids is 3. The van der Waals surface area contributed by atoms with Crippen molar-refractivity contribution < 1.29 is 28.6 Å². The van der Waals surface area contributed by atoms with Gasteiger partial charge in [-0.2, -0.15) is 0 Å². The Morgan fingerprint density at radius 1 is 1.12 bits per heavy atom. The van der Waals surface area contributed by atoms with Crippen LogP contribution in [0.5, 0.6) is 0 Å². The van der Waals surface area contributed by atoms with Gasteiger partial charge >= 0.3 is 11.9 Å².